The van der Waals surface area contributed by atoms with Crippen LogP contribution in [0.25, 0.3) is 65.3 Å². The Morgan fingerprint density at radius 2 is 1.10 bits per heavy atom. The molecule has 0 bridgehead atoms. The van der Waals surface area contributed by atoms with Crippen molar-refractivity contribution in [3.8, 4) is 22.3 Å². The third-order valence-electron chi connectivity index (χ3n) is 8.96. The standard InChI is InChI=1S/C40H29N/c1-5-11-26(6-2)41-35-15-10-9-14-28(35)30-19-21-33-31-17-16-25(4)37-29(27-13-8-7-12-24(27)3)18-20-32(38(31)37)34-22-23-36(41)40(30)39(33)34/h5-23H,1-2H2,3-4H3/b26-11+. The Kier molecular flexibility index (Phi) is 5.02. The number of aryl methyl sites for hydroxylation is 2. The minimum atomic E-state index is 1.01. The van der Waals surface area contributed by atoms with Crippen LogP contribution < -0.4 is 4.90 Å². The van der Waals surface area contributed by atoms with Gasteiger partial charge in [0.05, 0.1) is 11.4 Å². The van der Waals surface area contributed by atoms with Crippen molar-refractivity contribution < 1.29 is 0 Å². The fraction of sp³-hybridized carbons (Fsp3) is 0.0500. The molecule has 1 nitrogen and oxygen atoms in total. The Balaban J connectivity index is 1.56. The van der Waals surface area contributed by atoms with Crippen LogP contribution in [0.2, 0.25) is 0 Å². The number of anilines is 2. The fourth-order valence-electron chi connectivity index (χ4n) is 7.21. The second kappa shape index (κ2) is 8.68. The SMILES string of the molecule is C=C/C=C(\C=C)N1c2ccccc2-c2ccc3c4ccc(C)c5c(-c6ccccc6C)ccc(c6ccc1c2c36)c54. The summed E-state index contributed by atoms with van der Waals surface area (Å²) in [6.45, 7) is 12.6. The zero-order valence-electron chi connectivity index (χ0n) is 23.3. The molecule has 0 spiro atoms. The lowest BCUT2D eigenvalue weighted by molar-refractivity contribution is 1.21. The quantitative estimate of drug-likeness (QED) is 0.126. The molecule has 0 unspecified atom stereocenters. The van der Waals surface area contributed by atoms with Gasteiger partial charge in [0.2, 0.25) is 0 Å². The summed E-state index contributed by atoms with van der Waals surface area (Å²) in [5.74, 6) is 0. The van der Waals surface area contributed by atoms with Gasteiger partial charge < -0.3 is 4.90 Å². The molecule has 1 heteroatoms. The molecule has 7 aromatic carbocycles. The molecule has 0 radical (unpaired) electrons. The summed E-state index contributed by atoms with van der Waals surface area (Å²) in [6, 6.07) is 36.0. The zero-order chi connectivity index (χ0) is 27.8. The summed E-state index contributed by atoms with van der Waals surface area (Å²) < 4.78 is 0. The highest BCUT2D eigenvalue weighted by Crippen LogP contribution is 2.54. The number of benzene rings is 7. The van der Waals surface area contributed by atoms with E-state index >= 15 is 0 Å². The molecule has 0 aromatic heterocycles. The van der Waals surface area contributed by atoms with E-state index in [9.17, 15) is 0 Å². The lowest BCUT2D eigenvalue weighted by Gasteiger charge is -2.34. The third kappa shape index (κ3) is 3.12. The lowest BCUT2D eigenvalue weighted by Crippen LogP contribution is -2.19. The highest BCUT2D eigenvalue weighted by Gasteiger charge is 2.28. The fourth-order valence-corrected chi connectivity index (χ4v) is 7.21. The molecule has 41 heavy (non-hydrogen) atoms. The lowest BCUT2D eigenvalue weighted by atomic mass is 9.82. The molecular weight excluding hydrogens is 494 g/mol. The predicted molar refractivity (Wildman–Crippen MR) is 179 cm³/mol. The van der Waals surface area contributed by atoms with E-state index in [1.165, 1.54) is 82.2 Å². The van der Waals surface area contributed by atoms with Crippen LogP contribution in [0.3, 0.4) is 0 Å². The van der Waals surface area contributed by atoms with Gasteiger partial charge in [-0.1, -0.05) is 104 Å². The predicted octanol–water partition coefficient (Wildman–Crippen LogP) is 11.4. The molecule has 8 rings (SSSR count). The van der Waals surface area contributed by atoms with Crippen LogP contribution in [0.5, 0.6) is 0 Å². The summed E-state index contributed by atoms with van der Waals surface area (Å²) in [5, 5.41) is 10.5. The maximum Gasteiger partial charge on any atom is 0.0547 e. The summed E-state index contributed by atoms with van der Waals surface area (Å²) in [7, 11) is 0. The van der Waals surface area contributed by atoms with Gasteiger partial charge in [-0.2, -0.15) is 0 Å². The van der Waals surface area contributed by atoms with E-state index in [-0.39, 0.29) is 0 Å². The van der Waals surface area contributed by atoms with Crippen LogP contribution in [0.15, 0.2) is 134 Å². The molecule has 0 aliphatic carbocycles. The topological polar surface area (TPSA) is 3.24 Å². The van der Waals surface area contributed by atoms with Gasteiger partial charge in [-0.05, 0) is 98.3 Å². The van der Waals surface area contributed by atoms with E-state index < -0.39 is 0 Å². The third-order valence-corrected chi connectivity index (χ3v) is 8.96. The second-order valence-electron chi connectivity index (χ2n) is 11.1. The molecule has 0 N–H and O–H groups in total. The summed E-state index contributed by atoms with van der Waals surface area (Å²) in [5.41, 5.74) is 11.1. The smallest absolute Gasteiger partial charge is 0.0547 e. The van der Waals surface area contributed by atoms with Gasteiger partial charge in [0, 0.05) is 22.0 Å². The van der Waals surface area contributed by atoms with Gasteiger partial charge in [-0.15, -0.1) is 0 Å². The van der Waals surface area contributed by atoms with Gasteiger partial charge in [0.1, 0.15) is 0 Å². The molecule has 1 aliphatic heterocycles. The van der Waals surface area contributed by atoms with Crippen molar-refractivity contribution in [2.75, 3.05) is 4.90 Å². The van der Waals surface area contributed by atoms with Crippen molar-refractivity contribution in [3.63, 3.8) is 0 Å². The highest BCUT2D eigenvalue weighted by atomic mass is 15.2. The van der Waals surface area contributed by atoms with Crippen LogP contribution in [-0.2, 0) is 0 Å². The highest BCUT2D eigenvalue weighted by molar-refractivity contribution is 6.37. The number of hydrogen-bond acceptors (Lipinski definition) is 1. The Bertz CT molecular complexity index is 2240. The van der Waals surface area contributed by atoms with Gasteiger partial charge in [-0.25, -0.2) is 0 Å². The molecule has 1 heterocycles. The first-order chi connectivity index (χ1) is 20.1. The van der Waals surface area contributed by atoms with E-state index in [0.717, 1.165) is 11.4 Å². The molecular formula is C40H29N. The first kappa shape index (κ1) is 23.7. The molecule has 194 valence electrons. The summed E-state index contributed by atoms with van der Waals surface area (Å²) in [4.78, 5) is 2.33. The number of fused-ring (bicyclic) bond motifs is 4. The second-order valence-corrected chi connectivity index (χ2v) is 11.1. The van der Waals surface area contributed by atoms with E-state index in [2.05, 4.69) is 129 Å². The normalized spacial score (nSPS) is 12.9. The molecule has 0 saturated carbocycles. The van der Waals surface area contributed by atoms with Crippen molar-refractivity contribution in [3.05, 3.63) is 145 Å². The maximum atomic E-state index is 4.16. The van der Waals surface area contributed by atoms with Crippen molar-refractivity contribution in [1.29, 1.82) is 0 Å². The Morgan fingerprint density at radius 3 is 1.78 bits per heavy atom. The van der Waals surface area contributed by atoms with Crippen molar-refractivity contribution in [2.24, 2.45) is 0 Å². The first-order valence-electron chi connectivity index (χ1n) is 14.2. The van der Waals surface area contributed by atoms with E-state index in [4.69, 9.17) is 0 Å². The van der Waals surface area contributed by atoms with Crippen LogP contribution in [0, 0.1) is 13.8 Å². The largest absolute Gasteiger partial charge is 0.309 e. The van der Waals surface area contributed by atoms with Crippen LogP contribution in [0.4, 0.5) is 11.4 Å². The van der Waals surface area contributed by atoms with Gasteiger partial charge in [-0.3, -0.25) is 0 Å². The number of nitrogens with zero attached hydrogens (tertiary/aromatic N) is 1. The Labute approximate surface area is 240 Å². The van der Waals surface area contributed by atoms with Gasteiger partial charge in [0.25, 0.3) is 0 Å². The molecule has 0 amide bonds. The molecule has 0 atom stereocenters. The van der Waals surface area contributed by atoms with E-state index in [1.807, 2.05) is 18.2 Å². The Hall–Kier alpha value is -5.14. The molecule has 7 aromatic rings. The van der Waals surface area contributed by atoms with Crippen molar-refractivity contribution >= 4 is 54.5 Å². The van der Waals surface area contributed by atoms with E-state index in [0.29, 0.717) is 0 Å². The van der Waals surface area contributed by atoms with Gasteiger partial charge in [0.15, 0.2) is 0 Å². The number of para-hydroxylation sites is 1. The minimum Gasteiger partial charge on any atom is -0.309 e. The van der Waals surface area contributed by atoms with Crippen LogP contribution in [0.1, 0.15) is 11.1 Å². The molecule has 0 fully saturated rings. The number of rotatable bonds is 4. The van der Waals surface area contributed by atoms with Crippen molar-refractivity contribution in [2.45, 2.75) is 13.8 Å². The summed E-state index contributed by atoms with van der Waals surface area (Å²) >= 11 is 0. The minimum absolute atomic E-state index is 1.01. The Morgan fingerprint density at radius 1 is 0.512 bits per heavy atom. The molecule has 1 aliphatic rings. The monoisotopic (exact) mass is 523 g/mol. The van der Waals surface area contributed by atoms with Gasteiger partial charge >= 0.3 is 0 Å². The zero-order valence-corrected chi connectivity index (χ0v) is 23.3. The van der Waals surface area contributed by atoms with E-state index in [1.54, 1.807) is 0 Å². The van der Waals surface area contributed by atoms with Crippen LogP contribution >= 0.6 is 0 Å². The number of hydrogen-bond donors (Lipinski definition) is 0. The summed E-state index contributed by atoms with van der Waals surface area (Å²) in [6.07, 6.45) is 5.80. The first-order valence-corrected chi connectivity index (χ1v) is 14.2. The van der Waals surface area contributed by atoms with Crippen LogP contribution in [-0.4, -0.2) is 0 Å². The maximum absolute atomic E-state index is 4.16. The average molecular weight is 524 g/mol. The average Bonchev–Trinajstić information content (AvgIpc) is 3.01. The molecule has 0 saturated heterocycles. The number of allylic oxidation sites excluding steroid dienone is 3. The van der Waals surface area contributed by atoms with Crippen molar-refractivity contribution in [1.82, 2.24) is 0 Å².